The Labute approximate surface area is 128 Å². The van der Waals surface area contributed by atoms with Crippen molar-refractivity contribution in [3.63, 3.8) is 0 Å². The monoisotopic (exact) mass is 329 g/mol. The molecule has 2 amide bonds. The molecule has 2 aliphatic rings. The molecule has 2 rings (SSSR count). The number of carbonyl (C=O) groups excluding carboxylic acids is 4. The first-order valence-electron chi connectivity index (χ1n) is 6.03. The highest BCUT2D eigenvalue weighted by Crippen LogP contribution is 2.52. The maximum absolute atomic E-state index is 11.9. The predicted octanol–water partition coefficient (Wildman–Crippen LogP) is 0.672. The number of esters is 2. The molecular weight excluding hydrogens is 318 g/mol. The lowest BCUT2D eigenvalue weighted by Crippen LogP contribution is -2.24. The van der Waals surface area contributed by atoms with Crippen LogP contribution in [0.4, 0.5) is 0 Å². The largest absolute Gasteiger partial charge is 0.462 e. The molecule has 0 aliphatic carbocycles. The van der Waals surface area contributed by atoms with E-state index in [0.717, 1.165) is 23.5 Å². The molecule has 0 radical (unpaired) electrons. The van der Waals surface area contributed by atoms with Gasteiger partial charge in [-0.1, -0.05) is 23.5 Å². The molecule has 0 aromatic carbocycles. The van der Waals surface area contributed by atoms with Crippen LogP contribution in [-0.2, 0) is 28.7 Å². The van der Waals surface area contributed by atoms with E-state index in [1.165, 1.54) is 0 Å². The Morgan fingerprint density at radius 3 is 1.76 bits per heavy atom. The summed E-state index contributed by atoms with van der Waals surface area (Å²) >= 11 is 1.79. The van der Waals surface area contributed by atoms with Gasteiger partial charge in [0.05, 0.1) is 27.3 Å². The average Bonchev–Trinajstić information content (AvgIpc) is 2.93. The van der Waals surface area contributed by atoms with Gasteiger partial charge >= 0.3 is 11.9 Å². The first kappa shape index (κ1) is 15.6. The molecule has 2 aliphatic heterocycles. The topological polar surface area (TPSA) is 98.8 Å². The number of thioether (sulfide) groups is 2. The minimum absolute atomic E-state index is 0.0942. The van der Waals surface area contributed by atoms with Crippen LogP contribution in [0.1, 0.15) is 13.8 Å². The van der Waals surface area contributed by atoms with E-state index in [9.17, 15) is 19.2 Å². The first-order valence-corrected chi connectivity index (χ1v) is 7.67. The van der Waals surface area contributed by atoms with E-state index in [1.807, 2.05) is 0 Å². The summed E-state index contributed by atoms with van der Waals surface area (Å²) in [6, 6.07) is 0. The van der Waals surface area contributed by atoms with Gasteiger partial charge in [0.1, 0.15) is 0 Å². The molecule has 0 aromatic rings. The van der Waals surface area contributed by atoms with Crippen molar-refractivity contribution >= 4 is 47.3 Å². The second kappa shape index (κ2) is 6.35. The van der Waals surface area contributed by atoms with Crippen LogP contribution >= 0.6 is 23.5 Å². The zero-order valence-electron chi connectivity index (χ0n) is 11.2. The fraction of sp³-hybridized carbons (Fsp3) is 0.333. The Kier molecular flexibility index (Phi) is 4.73. The van der Waals surface area contributed by atoms with E-state index in [0.29, 0.717) is 0 Å². The van der Waals surface area contributed by atoms with Gasteiger partial charge in [-0.2, -0.15) is 0 Å². The average molecular weight is 329 g/mol. The summed E-state index contributed by atoms with van der Waals surface area (Å²) < 4.78 is 9.89. The molecule has 0 spiro atoms. The van der Waals surface area contributed by atoms with Gasteiger partial charge in [0.15, 0.2) is 5.57 Å². The van der Waals surface area contributed by atoms with Gasteiger partial charge in [0, 0.05) is 0 Å². The summed E-state index contributed by atoms with van der Waals surface area (Å²) in [5.41, 5.74) is -0.288. The molecule has 0 saturated heterocycles. The molecule has 112 valence electrons. The molecule has 0 atom stereocenters. The first-order chi connectivity index (χ1) is 9.99. The van der Waals surface area contributed by atoms with E-state index >= 15 is 0 Å². The highest BCUT2D eigenvalue weighted by Gasteiger charge is 2.41. The van der Waals surface area contributed by atoms with Crippen LogP contribution in [0, 0.1) is 0 Å². The number of amides is 2. The van der Waals surface area contributed by atoms with Crippen LogP contribution in [0.15, 0.2) is 19.6 Å². The highest BCUT2D eigenvalue weighted by atomic mass is 32.2. The van der Waals surface area contributed by atoms with Crippen molar-refractivity contribution in [3.05, 3.63) is 19.6 Å². The molecule has 0 fully saturated rings. The lowest BCUT2D eigenvalue weighted by Gasteiger charge is -2.09. The van der Waals surface area contributed by atoms with Crippen LogP contribution in [0.25, 0.3) is 0 Å². The number of carbonyl (C=O) groups is 4. The van der Waals surface area contributed by atoms with Gasteiger partial charge in [-0.25, -0.2) is 9.59 Å². The quantitative estimate of drug-likeness (QED) is 0.264. The highest BCUT2D eigenvalue weighted by molar-refractivity contribution is 8.29. The fourth-order valence-corrected chi connectivity index (χ4v) is 4.06. The minimum atomic E-state index is -0.833. The van der Waals surface area contributed by atoms with Crippen LogP contribution in [0.5, 0.6) is 0 Å². The molecule has 0 unspecified atom stereocenters. The molecular formula is C12H11NO6S2. The maximum Gasteiger partial charge on any atom is 0.347 e. The molecule has 2 heterocycles. The van der Waals surface area contributed by atoms with Gasteiger partial charge in [-0.05, 0) is 13.8 Å². The molecule has 0 saturated carbocycles. The summed E-state index contributed by atoms with van der Waals surface area (Å²) in [6.07, 6.45) is 0. The number of hydrogen-bond acceptors (Lipinski definition) is 8. The third-order valence-electron chi connectivity index (χ3n) is 2.40. The Bertz CT molecular complexity index is 559. The van der Waals surface area contributed by atoms with Gasteiger partial charge in [0.25, 0.3) is 11.8 Å². The number of ether oxygens (including phenoxy) is 2. The summed E-state index contributed by atoms with van der Waals surface area (Å²) in [6.45, 7) is 3.40. The lowest BCUT2D eigenvalue weighted by molar-refractivity contribution is -0.146. The van der Waals surface area contributed by atoms with Gasteiger partial charge in [-0.15, -0.1) is 0 Å². The predicted molar refractivity (Wildman–Crippen MR) is 75.6 cm³/mol. The SMILES string of the molecule is CCOC(=O)C(C(=O)OCC)=C1SC2=C(S1)C(=O)NC2=O. The van der Waals surface area contributed by atoms with Crippen molar-refractivity contribution < 1.29 is 28.7 Å². The molecule has 7 nitrogen and oxygen atoms in total. The van der Waals surface area contributed by atoms with Crippen molar-refractivity contribution in [2.24, 2.45) is 0 Å². The van der Waals surface area contributed by atoms with Crippen molar-refractivity contribution in [2.75, 3.05) is 13.2 Å². The van der Waals surface area contributed by atoms with Crippen LogP contribution in [0.3, 0.4) is 0 Å². The maximum atomic E-state index is 11.9. The standard InChI is InChI=1S/C12H11NO6S2/c1-3-18-10(16)5(11(17)19-4-2)12-20-6-7(21-12)9(15)13-8(6)14/h3-4H2,1-2H3,(H,13,14,15). The van der Waals surface area contributed by atoms with Crippen molar-refractivity contribution in [3.8, 4) is 0 Å². The molecule has 0 aromatic heterocycles. The van der Waals surface area contributed by atoms with E-state index in [-0.39, 0.29) is 32.8 Å². The zero-order valence-corrected chi connectivity index (χ0v) is 12.8. The minimum Gasteiger partial charge on any atom is -0.462 e. The summed E-state index contributed by atoms with van der Waals surface area (Å²) in [4.78, 5) is 47.3. The third-order valence-corrected chi connectivity index (χ3v) is 4.99. The van der Waals surface area contributed by atoms with Crippen LogP contribution < -0.4 is 5.32 Å². The van der Waals surface area contributed by atoms with Crippen LogP contribution in [-0.4, -0.2) is 37.0 Å². The Hall–Kier alpha value is -1.74. The summed E-state index contributed by atoms with van der Waals surface area (Å²) in [5.74, 6) is -2.73. The van der Waals surface area contributed by atoms with Gasteiger partial charge in [-0.3, -0.25) is 14.9 Å². The van der Waals surface area contributed by atoms with Crippen LogP contribution in [0.2, 0.25) is 0 Å². The molecule has 0 bridgehead atoms. The second-order valence-corrected chi connectivity index (χ2v) is 6.05. The number of imide groups is 1. The summed E-state index contributed by atoms with van der Waals surface area (Å²) in [7, 11) is 0. The molecule has 21 heavy (non-hydrogen) atoms. The van der Waals surface area contributed by atoms with E-state index < -0.39 is 23.8 Å². The van der Waals surface area contributed by atoms with Crippen molar-refractivity contribution in [2.45, 2.75) is 13.8 Å². The van der Waals surface area contributed by atoms with Crippen molar-refractivity contribution in [1.29, 1.82) is 0 Å². The number of hydrogen-bond donors (Lipinski definition) is 1. The van der Waals surface area contributed by atoms with Gasteiger partial charge in [0.2, 0.25) is 0 Å². The zero-order chi connectivity index (χ0) is 15.6. The number of rotatable bonds is 4. The Balaban J connectivity index is 2.34. The van der Waals surface area contributed by atoms with Crippen molar-refractivity contribution in [1.82, 2.24) is 5.32 Å². The Morgan fingerprint density at radius 2 is 1.38 bits per heavy atom. The molecule has 1 N–H and O–H groups in total. The number of nitrogens with one attached hydrogen (secondary N) is 1. The smallest absolute Gasteiger partial charge is 0.347 e. The normalized spacial score (nSPS) is 16.8. The molecule has 9 heteroatoms. The van der Waals surface area contributed by atoms with Gasteiger partial charge < -0.3 is 9.47 Å². The fourth-order valence-electron chi connectivity index (χ4n) is 1.57. The second-order valence-electron chi connectivity index (χ2n) is 3.75. The third kappa shape index (κ3) is 2.98. The van der Waals surface area contributed by atoms with E-state index in [1.54, 1.807) is 13.8 Å². The summed E-state index contributed by atoms with van der Waals surface area (Å²) in [5, 5.41) is 2.14. The lowest BCUT2D eigenvalue weighted by atomic mass is 10.3. The van der Waals surface area contributed by atoms with E-state index in [4.69, 9.17) is 9.47 Å². The van der Waals surface area contributed by atoms with E-state index in [2.05, 4.69) is 5.32 Å². The Morgan fingerprint density at radius 1 is 0.952 bits per heavy atom.